The van der Waals surface area contributed by atoms with Crippen molar-refractivity contribution in [1.29, 1.82) is 0 Å². The Kier molecular flexibility index (Phi) is 7.10. The van der Waals surface area contributed by atoms with Gasteiger partial charge in [-0.15, -0.1) is 0 Å². The monoisotopic (exact) mass is 432 g/mol. The number of piperidine rings is 3. The topological polar surface area (TPSA) is 152 Å². The number of nitrogens with zero attached hydrogens (tertiary/aromatic N) is 6. The van der Waals surface area contributed by atoms with Gasteiger partial charge in [0.1, 0.15) is 0 Å². The van der Waals surface area contributed by atoms with Crippen molar-refractivity contribution in [2.24, 2.45) is 22.9 Å². The third-order valence-corrected chi connectivity index (χ3v) is 6.70. The molecule has 0 aromatic carbocycles. The normalized spacial score (nSPS) is 32.4. The summed E-state index contributed by atoms with van der Waals surface area (Å²) in [7, 11) is 0. The summed E-state index contributed by atoms with van der Waals surface area (Å²) in [5.41, 5.74) is 25.1. The van der Waals surface area contributed by atoms with E-state index in [0.717, 1.165) is 44.6 Å². The molecule has 0 spiro atoms. The Balaban J connectivity index is 1.69. The van der Waals surface area contributed by atoms with Gasteiger partial charge in [-0.3, -0.25) is 0 Å². The van der Waals surface area contributed by atoms with Crippen molar-refractivity contribution in [2.45, 2.75) is 82.1 Å². The van der Waals surface area contributed by atoms with Crippen molar-refractivity contribution in [3.8, 4) is 0 Å². The highest BCUT2D eigenvalue weighted by Gasteiger charge is 2.31. The number of nitrogens with two attached hydrogens (primary N) is 4. The summed E-state index contributed by atoms with van der Waals surface area (Å²) in [5.74, 6) is 2.09. The van der Waals surface area contributed by atoms with Crippen LogP contribution in [0.4, 0.5) is 17.8 Å². The fourth-order valence-electron chi connectivity index (χ4n) is 5.34. The molecular weight excluding hydrogens is 392 g/mol. The molecule has 3 aliphatic rings. The first-order chi connectivity index (χ1) is 14.9. The lowest BCUT2D eigenvalue weighted by Gasteiger charge is -2.39. The van der Waals surface area contributed by atoms with Crippen molar-refractivity contribution >= 4 is 17.8 Å². The first-order valence-corrected chi connectivity index (χ1v) is 12.0. The summed E-state index contributed by atoms with van der Waals surface area (Å²) < 4.78 is 0. The second-order valence-corrected chi connectivity index (χ2v) is 9.69. The van der Waals surface area contributed by atoms with Crippen LogP contribution in [0.3, 0.4) is 0 Å². The van der Waals surface area contributed by atoms with Crippen molar-refractivity contribution in [1.82, 2.24) is 15.0 Å². The van der Waals surface area contributed by atoms with Gasteiger partial charge in [0.25, 0.3) is 0 Å². The second-order valence-electron chi connectivity index (χ2n) is 9.69. The van der Waals surface area contributed by atoms with Crippen LogP contribution in [0.2, 0.25) is 0 Å². The number of aromatic nitrogens is 3. The van der Waals surface area contributed by atoms with Gasteiger partial charge in [-0.1, -0.05) is 13.3 Å². The van der Waals surface area contributed by atoms with Crippen LogP contribution in [0.5, 0.6) is 0 Å². The Labute approximate surface area is 185 Å². The molecule has 0 radical (unpaired) electrons. The molecule has 1 aromatic heterocycles. The van der Waals surface area contributed by atoms with Crippen LogP contribution in [-0.4, -0.2) is 77.9 Å². The molecule has 4 rings (SSSR count). The average molecular weight is 433 g/mol. The molecule has 0 bridgehead atoms. The Bertz CT molecular complexity index is 664. The van der Waals surface area contributed by atoms with E-state index in [1.54, 1.807) is 0 Å². The summed E-state index contributed by atoms with van der Waals surface area (Å²) in [6, 6.07) is 0.553. The molecule has 3 aliphatic heterocycles. The van der Waals surface area contributed by atoms with E-state index >= 15 is 0 Å². The van der Waals surface area contributed by atoms with Gasteiger partial charge in [0.15, 0.2) is 0 Å². The second kappa shape index (κ2) is 9.81. The van der Waals surface area contributed by atoms with Crippen LogP contribution in [0.25, 0.3) is 0 Å². The van der Waals surface area contributed by atoms with Crippen LogP contribution in [0.15, 0.2) is 0 Å². The first kappa shape index (κ1) is 22.4. The number of hydrogen-bond acceptors (Lipinski definition) is 10. The average Bonchev–Trinajstić information content (AvgIpc) is 2.73. The minimum absolute atomic E-state index is 0.0204. The Morgan fingerprint density at radius 1 is 0.742 bits per heavy atom. The molecule has 10 heteroatoms. The SMILES string of the molecule is CCCC1CCCCN1c1nc(N2C[C@H](N)C[C@H](N)C2)nc(N2C[C@H](N)C[C@H](N)C2)n1. The standard InChI is InChI=1S/C21H40N10/c1-2-5-18-6-3-4-7-31(18)21-27-19(29-10-14(22)8-15(23)11-29)26-20(28-21)30-12-16(24)9-17(25)13-30/h14-18H,2-13,22-25H2,1H3/t14-,15+,16-,17+,18?. The van der Waals surface area contributed by atoms with Gasteiger partial charge in [-0.25, -0.2) is 0 Å². The minimum Gasteiger partial charge on any atom is -0.338 e. The lowest BCUT2D eigenvalue weighted by molar-refractivity contribution is 0.423. The van der Waals surface area contributed by atoms with Crippen molar-refractivity contribution in [3.63, 3.8) is 0 Å². The lowest BCUT2D eigenvalue weighted by atomic mass is 9.99. The summed E-state index contributed by atoms with van der Waals surface area (Å²) >= 11 is 0. The highest BCUT2D eigenvalue weighted by Crippen LogP contribution is 2.29. The van der Waals surface area contributed by atoms with Gasteiger partial charge in [0.2, 0.25) is 17.8 Å². The van der Waals surface area contributed by atoms with Crippen molar-refractivity contribution in [3.05, 3.63) is 0 Å². The fraction of sp³-hybridized carbons (Fsp3) is 0.857. The molecular formula is C21H40N10. The zero-order valence-corrected chi connectivity index (χ0v) is 18.9. The van der Waals surface area contributed by atoms with Crippen molar-refractivity contribution < 1.29 is 0 Å². The van der Waals surface area contributed by atoms with Crippen LogP contribution >= 0.6 is 0 Å². The molecule has 3 fully saturated rings. The molecule has 1 unspecified atom stereocenters. The van der Waals surface area contributed by atoms with E-state index in [2.05, 4.69) is 21.6 Å². The summed E-state index contributed by atoms with van der Waals surface area (Å²) in [6.45, 7) is 6.03. The molecule has 3 saturated heterocycles. The zero-order chi connectivity index (χ0) is 22.0. The molecule has 31 heavy (non-hydrogen) atoms. The summed E-state index contributed by atoms with van der Waals surface area (Å²) in [4.78, 5) is 21.4. The van der Waals surface area contributed by atoms with Crippen molar-refractivity contribution in [2.75, 3.05) is 47.4 Å². The summed E-state index contributed by atoms with van der Waals surface area (Å²) in [6.07, 6.45) is 7.55. The van der Waals surface area contributed by atoms with Crippen LogP contribution in [-0.2, 0) is 0 Å². The third-order valence-electron chi connectivity index (χ3n) is 6.70. The number of rotatable bonds is 5. The Hall–Kier alpha value is -1.75. The number of anilines is 3. The molecule has 5 atom stereocenters. The maximum absolute atomic E-state index is 6.27. The molecule has 1 aromatic rings. The molecule has 8 N–H and O–H groups in total. The van der Waals surface area contributed by atoms with Crippen LogP contribution in [0.1, 0.15) is 51.9 Å². The van der Waals surface area contributed by atoms with Gasteiger partial charge in [0, 0.05) is 62.9 Å². The van der Waals surface area contributed by atoms with E-state index < -0.39 is 0 Å². The molecule has 0 aliphatic carbocycles. The molecule has 0 amide bonds. The Morgan fingerprint density at radius 3 is 1.71 bits per heavy atom. The first-order valence-electron chi connectivity index (χ1n) is 12.0. The summed E-state index contributed by atoms with van der Waals surface area (Å²) in [5, 5.41) is 0. The van der Waals surface area contributed by atoms with Gasteiger partial charge in [0.05, 0.1) is 0 Å². The highest BCUT2D eigenvalue weighted by molar-refractivity contribution is 5.48. The molecule has 0 saturated carbocycles. The predicted molar refractivity (Wildman–Crippen MR) is 125 cm³/mol. The quantitative estimate of drug-likeness (QED) is 0.490. The third kappa shape index (κ3) is 5.36. The fourth-order valence-corrected chi connectivity index (χ4v) is 5.34. The smallest absolute Gasteiger partial charge is 0.232 e. The van der Waals surface area contributed by atoms with Gasteiger partial charge >= 0.3 is 0 Å². The largest absolute Gasteiger partial charge is 0.338 e. The molecule has 174 valence electrons. The van der Waals surface area contributed by atoms with Gasteiger partial charge in [-0.05, 0) is 38.5 Å². The lowest BCUT2D eigenvalue weighted by Crippen LogP contribution is -2.54. The Morgan fingerprint density at radius 2 is 1.23 bits per heavy atom. The molecule has 4 heterocycles. The van der Waals surface area contributed by atoms with Gasteiger partial charge in [-0.2, -0.15) is 15.0 Å². The van der Waals surface area contributed by atoms with E-state index in [1.807, 2.05) is 0 Å². The predicted octanol–water partition coefficient (Wildman–Crippen LogP) is -0.240. The van der Waals surface area contributed by atoms with Crippen LogP contribution in [0, 0.1) is 0 Å². The number of hydrogen-bond donors (Lipinski definition) is 4. The van der Waals surface area contributed by atoms with Gasteiger partial charge < -0.3 is 37.6 Å². The minimum atomic E-state index is 0.0204. The zero-order valence-electron chi connectivity index (χ0n) is 18.9. The van der Waals surface area contributed by atoms with E-state index in [4.69, 9.17) is 37.9 Å². The van der Waals surface area contributed by atoms with E-state index in [9.17, 15) is 0 Å². The maximum Gasteiger partial charge on any atom is 0.232 e. The van der Waals surface area contributed by atoms with E-state index in [0.29, 0.717) is 44.1 Å². The highest BCUT2D eigenvalue weighted by atomic mass is 15.4. The van der Waals surface area contributed by atoms with E-state index in [1.165, 1.54) is 12.8 Å². The maximum atomic E-state index is 6.27. The van der Waals surface area contributed by atoms with E-state index in [-0.39, 0.29) is 24.2 Å². The van der Waals surface area contributed by atoms with Crippen LogP contribution < -0.4 is 37.6 Å². The molecule has 10 nitrogen and oxygen atoms in total.